The summed E-state index contributed by atoms with van der Waals surface area (Å²) in [6.45, 7) is 0.267. The Kier molecular flexibility index (Phi) is 4.93. The number of nitrogens with one attached hydrogen (secondary N) is 1. The molecule has 0 bridgehead atoms. The second-order valence-electron chi connectivity index (χ2n) is 5.56. The minimum Gasteiger partial charge on any atom is -0.478 e. The summed E-state index contributed by atoms with van der Waals surface area (Å²) >= 11 is 0. The molecule has 0 radical (unpaired) electrons. The molecule has 132 valence electrons. The maximum absolute atomic E-state index is 12.3. The smallest absolute Gasteiger partial charge is 0.350 e. The third-order valence-corrected chi connectivity index (χ3v) is 3.60. The largest absolute Gasteiger partial charge is 0.478 e. The van der Waals surface area contributed by atoms with E-state index in [1.165, 1.54) is 15.2 Å². The lowest BCUT2D eigenvalue weighted by atomic mass is 10.2. The van der Waals surface area contributed by atoms with Crippen molar-refractivity contribution in [3.63, 3.8) is 0 Å². The zero-order chi connectivity index (χ0) is 18.5. The number of carbonyl (C=O) groups is 2. The second kappa shape index (κ2) is 7.47. The number of carbonyl (C=O) groups excluding carboxylic acids is 1. The van der Waals surface area contributed by atoms with Crippen molar-refractivity contribution in [1.82, 2.24) is 14.2 Å². The predicted molar refractivity (Wildman–Crippen MR) is 95.0 cm³/mol. The Hall–Kier alpha value is -3.68. The maximum Gasteiger partial charge on any atom is 0.350 e. The first-order chi connectivity index (χ1) is 12.5. The highest BCUT2D eigenvalue weighted by atomic mass is 16.4. The van der Waals surface area contributed by atoms with Crippen LogP contribution in [-0.2, 0) is 16.1 Å². The van der Waals surface area contributed by atoms with Crippen molar-refractivity contribution in [3.8, 4) is 0 Å². The molecular formula is C18H16N4O4. The number of amides is 1. The normalized spacial score (nSPS) is 11.1. The SMILES string of the molecule is O=C(O)/C=C/CC(=O)Nc1cccc(Cn2nc3ccccn3c2=O)c1. The number of hydrogen-bond donors (Lipinski definition) is 2. The number of hydrogen-bond acceptors (Lipinski definition) is 4. The van der Waals surface area contributed by atoms with E-state index in [4.69, 9.17) is 5.11 Å². The zero-order valence-corrected chi connectivity index (χ0v) is 13.7. The number of anilines is 1. The van der Waals surface area contributed by atoms with E-state index in [1.54, 1.807) is 42.6 Å². The van der Waals surface area contributed by atoms with Crippen LogP contribution in [-0.4, -0.2) is 31.2 Å². The number of fused-ring (bicyclic) bond motifs is 1. The van der Waals surface area contributed by atoms with Crippen LogP contribution in [0.1, 0.15) is 12.0 Å². The van der Waals surface area contributed by atoms with E-state index in [9.17, 15) is 14.4 Å². The summed E-state index contributed by atoms with van der Waals surface area (Å²) < 4.78 is 2.81. The van der Waals surface area contributed by atoms with Crippen LogP contribution >= 0.6 is 0 Å². The van der Waals surface area contributed by atoms with E-state index in [0.29, 0.717) is 11.3 Å². The molecule has 0 fully saturated rings. The van der Waals surface area contributed by atoms with Crippen molar-refractivity contribution in [2.24, 2.45) is 0 Å². The Labute approximate surface area is 148 Å². The third kappa shape index (κ3) is 4.04. The van der Waals surface area contributed by atoms with Crippen LogP contribution in [0.3, 0.4) is 0 Å². The summed E-state index contributed by atoms with van der Waals surface area (Å²) in [6.07, 6.45) is 3.81. The Morgan fingerprint density at radius 2 is 2.04 bits per heavy atom. The van der Waals surface area contributed by atoms with Crippen LogP contribution in [0.2, 0.25) is 0 Å². The fraction of sp³-hybridized carbons (Fsp3) is 0.111. The molecule has 0 aliphatic heterocycles. The highest BCUT2D eigenvalue weighted by Crippen LogP contribution is 2.12. The lowest BCUT2D eigenvalue weighted by Crippen LogP contribution is -2.21. The molecule has 2 N–H and O–H groups in total. The van der Waals surface area contributed by atoms with Crippen LogP contribution in [0.5, 0.6) is 0 Å². The fourth-order valence-electron chi connectivity index (χ4n) is 2.47. The lowest BCUT2D eigenvalue weighted by molar-refractivity contribution is -0.131. The van der Waals surface area contributed by atoms with Gasteiger partial charge in [0.2, 0.25) is 5.91 Å². The summed E-state index contributed by atoms with van der Waals surface area (Å²) in [7, 11) is 0. The van der Waals surface area contributed by atoms with Gasteiger partial charge in [0.1, 0.15) is 0 Å². The van der Waals surface area contributed by atoms with Gasteiger partial charge in [0.15, 0.2) is 5.65 Å². The van der Waals surface area contributed by atoms with Crippen molar-refractivity contribution < 1.29 is 14.7 Å². The zero-order valence-electron chi connectivity index (χ0n) is 13.7. The van der Waals surface area contributed by atoms with Gasteiger partial charge in [-0.1, -0.05) is 24.3 Å². The van der Waals surface area contributed by atoms with Crippen LogP contribution < -0.4 is 11.0 Å². The van der Waals surface area contributed by atoms with Gasteiger partial charge in [-0.15, -0.1) is 5.10 Å². The Balaban J connectivity index is 1.72. The monoisotopic (exact) mass is 352 g/mol. The number of carboxylic acid groups (broad SMARTS) is 1. The standard InChI is InChI=1S/C18H16N4O4/c23-16(8-4-9-17(24)25)19-14-6-3-5-13(11-14)12-22-18(26)21-10-2-1-7-15(21)20-22/h1-7,9-11H,8,12H2,(H,19,23)(H,24,25)/b9-4+. The lowest BCUT2D eigenvalue weighted by Gasteiger charge is -2.06. The van der Waals surface area contributed by atoms with Gasteiger partial charge >= 0.3 is 11.7 Å². The van der Waals surface area contributed by atoms with E-state index >= 15 is 0 Å². The van der Waals surface area contributed by atoms with E-state index < -0.39 is 5.97 Å². The highest BCUT2D eigenvalue weighted by Gasteiger charge is 2.07. The predicted octanol–water partition coefficient (Wildman–Crippen LogP) is 1.51. The molecular weight excluding hydrogens is 336 g/mol. The van der Waals surface area contributed by atoms with Gasteiger partial charge in [-0.2, -0.15) is 0 Å². The molecule has 2 heterocycles. The molecule has 0 unspecified atom stereocenters. The number of nitrogens with zero attached hydrogens (tertiary/aromatic N) is 3. The van der Waals surface area contributed by atoms with Crippen molar-refractivity contribution in [1.29, 1.82) is 0 Å². The summed E-state index contributed by atoms with van der Waals surface area (Å²) in [6, 6.07) is 12.4. The third-order valence-electron chi connectivity index (χ3n) is 3.60. The van der Waals surface area contributed by atoms with Crippen molar-refractivity contribution in [2.75, 3.05) is 5.32 Å². The molecule has 0 atom stereocenters. The topological polar surface area (TPSA) is 106 Å². The molecule has 8 heteroatoms. The van der Waals surface area contributed by atoms with Crippen LogP contribution in [0.15, 0.2) is 65.6 Å². The average molecular weight is 352 g/mol. The number of pyridine rings is 1. The Morgan fingerprint density at radius 1 is 1.19 bits per heavy atom. The average Bonchev–Trinajstić information content (AvgIpc) is 2.91. The molecule has 0 spiro atoms. The molecule has 3 rings (SSSR count). The number of carboxylic acids is 1. The molecule has 0 saturated heterocycles. The molecule has 8 nitrogen and oxygen atoms in total. The number of rotatable bonds is 6. The second-order valence-corrected chi connectivity index (χ2v) is 5.56. The first kappa shape index (κ1) is 17.2. The molecule has 1 amide bonds. The molecule has 0 aliphatic carbocycles. The Morgan fingerprint density at radius 3 is 2.81 bits per heavy atom. The van der Waals surface area contributed by atoms with Crippen LogP contribution in [0.4, 0.5) is 5.69 Å². The molecule has 2 aromatic heterocycles. The van der Waals surface area contributed by atoms with Gasteiger partial charge in [0.05, 0.1) is 6.54 Å². The molecule has 1 aromatic carbocycles. The molecule has 3 aromatic rings. The van der Waals surface area contributed by atoms with E-state index in [0.717, 1.165) is 11.6 Å². The van der Waals surface area contributed by atoms with E-state index in [1.807, 2.05) is 6.07 Å². The van der Waals surface area contributed by atoms with Gasteiger partial charge in [-0.05, 0) is 29.8 Å². The Bertz CT molecular complexity index is 1050. The van der Waals surface area contributed by atoms with Gasteiger partial charge in [0, 0.05) is 24.4 Å². The number of aromatic nitrogens is 3. The van der Waals surface area contributed by atoms with Crippen LogP contribution in [0.25, 0.3) is 5.65 Å². The van der Waals surface area contributed by atoms with E-state index in [2.05, 4.69) is 10.4 Å². The summed E-state index contributed by atoms with van der Waals surface area (Å²) in [4.78, 5) is 34.5. The van der Waals surface area contributed by atoms with Crippen LogP contribution in [0, 0.1) is 0 Å². The van der Waals surface area contributed by atoms with Crippen molar-refractivity contribution >= 4 is 23.2 Å². The van der Waals surface area contributed by atoms with Gasteiger partial charge in [-0.3, -0.25) is 9.20 Å². The van der Waals surface area contributed by atoms with Gasteiger partial charge in [-0.25, -0.2) is 14.3 Å². The quantitative estimate of drug-likeness (QED) is 0.654. The first-order valence-electron chi connectivity index (χ1n) is 7.85. The van der Waals surface area contributed by atoms with Crippen molar-refractivity contribution in [2.45, 2.75) is 13.0 Å². The van der Waals surface area contributed by atoms with E-state index in [-0.39, 0.29) is 24.6 Å². The minimum atomic E-state index is -1.10. The van der Waals surface area contributed by atoms with Gasteiger partial charge < -0.3 is 10.4 Å². The first-order valence-corrected chi connectivity index (χ1v) is 7.85. The van der Waals surface area contributed by atoms with Gasteiger partial charge in [0.25, 0.3) is 0 Å². The number of benzene rings is 1. The number of aliphatic carboxylic acids is 1. The molecule has 26 heavy (non-hydrogen) atoms. The molecule has 0 aliphatic rings. The highest BCUT2D eigenvalue weighted by molar-refractivity contribution is 5.92. The minimum absolute atomic E-state index is 0.0393. The summed E-state index contributed by atoms with van der Waals surface area (Å²) in [5.41, 5.74) is 1.68. The fourth-order valence-corrected chi connectivity index (χ4v) is 2.47. The maximum atomic E-state index is 12.3. The summed E-state index contributed by atoms with van der Waals surface area (Å²) in [5, 5.41) is 15.5. The summed E-state index contributed by atoms with van der Waals surface area (Å²) in [5.74, 6) is -1.43. The van der Waals surface area contributed by atoms with Crippen molar-refractivity contribution in [3.05, 3.63) is 76.9 Å². The molecule has 0 saturated carbocycles.